The van der Waals surface area contributed by atoms with Gasteiger partial charge in [-0.2, -0.15) is 0 Å². The van der Waals surface area contributed by atoms with Crippen molar-refractivity contribution in [2.24, 2.45) is 0 Å². The van der Waals surface area contributed by atoms with Crippen LogP contribution < -0.4 is 5.73 Å². The van der Waals surface area contributed by atoms with E-state index in [0.717, 1.165) is 10.9 Å². The van der Waals surface area contributed by atoms with E-state index in [1.165, 1.54) is 36.0 Å². The molecule has 5 rings (SSSR count). The molecule has 3 aromatic rings. The Kier molecular flexibility index (Phi) is 5.22. The second kappa shape index (κ2) is 7.98. The Morgan fingerprint density at radius 3 is 2.20 bits per heavy atom. The second-order valence-corrected chi connectivity index (χ2v) is 7.55. The zero-order valence-corrected chi connectivity index (χ0v) is 16.3. The average Bonchev–Trinajstić information content (AvgIpc) is 3.09. The van der Waals surface area contributed by atoms with Crippen molar-refractivity contribution in [2.75, 3.05) is 5.73 Å². The number of anilines is 1. The highest BCUT2D eigenvalue weighted by Gasteiger charge is 2.27. The Morgan fingerprint density at radius 2 is 1.63 bits per heavy atom. The fourth-order valence-electron chi connectivity index (χ4n) is 3.95. The van der Waals surface area contributed by atoms with Gasteiger partial charge in [-0.1, -0.05) is 36.8 Å². The summed E-state index contributed by atoms with van der Waals surface area (Å²) in [6.45, 7) is 1.23. The summed E-state index contributed by atoms with van der Waals surface area (Å²) in [5.41, 5.74) is 10.7. The third-order valence-corrected chi connectivity index (χ3v) is 5.64. The number of carbonyl (C=O) groups excluding carboxylic acids is 1. The molecule has 1 saturated carbocycles. The summed E-state index contributed by atoms with van der Waals surface area (Å²) in [6, 6.07) is 14.3. The van der Waals surface area contributed by atoms with Crippen molar-refractivity contribution in [3.8, 4) is 0 Å². The van der Waals surface area contributed by atoms with Gasteiger partial charge in [0.15, 0.2) is 0 Å². The summed E-state index contributed by atoms with van der Waals surface area (Å²) in [4.78, 5) is 32.3. The van der Waals surface area contributed by atoms with E-state index in [-0.39, 0.29) is 11.9 Å². The van der Waals surface area contributed by atoms with Crippen molar-refractivity contribution in [1.29, 1.82) is 0 Å². The smallest absolute Gasteiger partial charge is 0.450 e. The summed E-state index contributed by atoms with van der Waals surface area (Å²) in [7, 11) is 0. The van der Waals surface area contributed by atoms with E-state index in [1.54, 1.807) is 0 Å². The van der Waals surface area contributed by atoms with Gasteiger partial charge in [-0.15, -0.1) is 0 Å². The number of nitrogens with zero attached hydrogens (tertiary/aromatic N) is 3. The predicted octanol–water partition coefficient (Wildman–Crippen LogP) is 3.86. The lowest BCUT2D eigenvalue weighted by molar-refractivity contribution is 0.0747. The van der Waals surface area contributed by atoms with Gasteiger partial charge in [0.1, 0.15) is 5.69 Å². The minimum Gasteiger partial charge on any atom is -0.450 e. The third-order valence-electron chi connectivity index (χ3n) is 5.64. The first-order valence-electron chi connectivity index (χ1n) is 9.77. The lowest BCUT2D eigenvalue weighted by atomic mass is 9.80. The van der Waals surface area contributed by atoms with Crippen LogP contribution in [-0.4, -0.2) is 37.1 Å². The fraction of sp³-hybridized carbons (Fsp3) is 0.273. The van der Waals surface area contributed by atoms with Gasteiger partial charge >= 0.3 is 6.16 Å². The van der Waals surface area contributed by atoms with E-state index in [2.05, 4.69) is 34.2 Å². The number of fused-ring (bicyclic) bond motifs is 2. The number of rotatable bonds is 2. The molecule has 1 amide bonds. The van der Waals surface area contributed by atoms with Crippen molar-refractivity contribution < 1.29 is 19.8 Å². The molecule has 1 aliphatic heterocycles. The van der Waals surface area contributed by atoms with Gasteiger partial charge in [-0.25, -0.2) is 14.8 Å². The van der Waals surface area contributed by atoms with Gasteiger partial charge in [-0.3, -0.25) is 4.79 Å². The second-order valence-electron chi connectivity index (χ2n) is 7.55. The molecular formula is C22H22N4O4. The molecule has 30 heavy (non-hydrogen) atoms. The Hall–Kier alpha value is -3.68. The molecule has 8 nitrogen and oxygen atoms in total. The maximum atomic E-state index is 13.2. The number of carboxylic acid groups (broad SMARTS) is 2. The number of benzene rings is 2. The molecule has 1 aliphatic carbocycles. The Balaban J connectivity index is 0.000000503. The van der Waals surface area contributed by atoms with Crippen LogP contribution in [-0.2, 0) is 13.1 Å². The number of hydrogen-bond donors (Lipinski definition) is 3. The van der Waals surface area contributed by atoms with Crippen LogP contribution in [0, 0.1) is 0 Å². The average molecular weight is 406 g/mol. The molecular weight excluding hydrogens is 384 g/mol. The number of hydrogen-bond acceptors (Lipinski definition) is 5. The number of nitrogen functional groups attached to an aromatic ring is 1. The topological polar surface area (TPSA) is 130 Å². The summed E-state index contributed by atoms with van der Waals surface area (Å²) in [5, 5.41) is 14.8. The van der Waals surface area contributed by atoms with E-state index >= 15 is 0 Å². The SMILES string of the molecule is Nc1nc(C(=O)N2Cc3ccccc3C2)c2cc(C3CCC3)ccc2n1.O=C(O)O. The molecule has 4 N–H and O–H groups in total. The molecule has 0 saturated heterocycles. The van der Waals surface area contributed by atoms with E-state index in [0.29, 0.717) is 24.7 Å². The van der Waals surface area contributed by atoms with Gasteiger partial charge in [0.05, 0.1) is 5.52 Å². The van der Waals surface area contributed by atoms with E-state index in [4.69, 9.17) is 20.7 Å². The molecule has 1 aromatic heterocycles. The Labute approximate surface area is 173 Å². The molecule has 2 aromatic carbocycles. The van der Waals surface area contributed by atoms with E-state index in [9.17, 15) is 4.79 Å². The van der Waals surface area contributed by atoms with Crippen LogP contribution in [0.2, 0.25) is 0 Å². The van der Waals surface area contributed by atoms with E-state index < -0.39 is 6.16 Å². The van der Waals surface area contributed by atoms with Gasteiger partial charge in [0.2, 0.25) is 5.95 Å². The van der Waals surface area contributed by atoms with Crippen LogP contribution >= 0.6 is 0 Å². The highest BCUT2D eigenvalue weighted by molar-refractivity contribution is 6.05. The number of nitrogens with two attached hydrogens (primary N) is 1. The van der Waals surface area contributed by atoms with Crippen molar-refractivity contribution >= 4 is 28.9 Å². The molecule has 0 radical (unpaired) electrons. The number of aromatic nitrogens is 2. The molecule has 0 atom stereocenters. The first kappa shape index (κ1) is 19.6. The minimum atomic E-state index is -1.83. The lowest BCUT2D eigenvalue weighted by Crippen LogP contribution is -2.27. The van der Waals surface area contributed by atoms with E-state index in [1.807, 2.05) is 23.1 Å². The highest BCUT2D eigenvalue weighted by Crippen LogP contribution is 2.37. The summed E-state index contributed by atoms with van der Waals surface area (Å²) in [5.74, 6) is 0.663. The molecule has 0 unspecified atom stereocenters. The Bertz CT molecular complexity index is 1100. The molecule has 0 bridgehead atoms. The van der Waals surface area contributed by atoms with Gasteiger partial charge in [0.25, 0.3) is 5.91 Å². The molecule has 2 heterocycles. The van der Waals surface area contributed by atoms with Crippen LogP contribution in [0.5, 0.6) is 0 Å². The summed E-state index contributed by atoms with van der Waals surface area (Å²) >= 11 is 0. The molecule has 154 valence electrons. The zero-order chi connectivity index (χ0) is 21.3. The fourth-order valence-corrected chi connectivity index (χ4v) is 3.95. The largest absolute Gasteiger partial charge is 0.503 e. The maximum absolute atomic E-state index is 13.2. The maximum Gasteiger partial charge on any atom is 0.503 e. The normalized spacial score (nSPS) is 15.1. The van der Waals surface area contributed by atoms with Crippen LogP contribution in [0.1, 0.15) is 52.4 Å². The van der Waals surface area contributed by atoms with Crippen molar-refractivity contribution in [3.63, 3.8) is 0 Å². The standard InChI is InChI=1S/C21H20N4O.CH2O3/c22-21-23-18-9-8-14(13-6-3-7-13)10-17(18)19(24-21)20(26)25-11-15-4-1-2-5-16(15)12-25;2-1(3)4/h1-2,4-5,8-10,13H,3,6-7,11-12H2,(H2,22,23,24);(H2,2,3,4). The number of amides is 1. The molecule has 0 spiro atoms. The molecule has 2 aliphatic rings. The third kappa shape index (κ3) is 3.89. The molecule has 1 fully saturated rings. The Morgan fingerprint density at radius 1 is 1.00 bits per heavy atom. The van der Waals surface area contributed by atoms with Gasteiger partial charge < -0.3 is 20.8 Å². The van der Waals surface area contributed by atoms with Crippen LogP contribution in [0.4, 0.5) is 10.7 Å². The predicted molar refractivity (Wildman–Crippen MR) is 111 cm³/mol. The summed E-state index contributed by atoms with van der Waals surface area (Å²) in [6.07, 6.45) is 1.87. The summed E-state index contributed by atoms with van der Waals surface area (Å²) < 4.78 is 0. The number of carbonyl (C=O) groups is 2. The van der Waals surface area contributed by atoms with Crippen LogP contribution in [0.25, 0.3) is 10.9 Å². The van der Waals surface area contributed by atoms with Crippen LogP contribution in [0.3, 0.4) is 0 Å². The van der Waals surface area contributed by atoms with Crippen molar-refractivity contribution in [3.05, 3.63) is 64.8 Å². The van der Waals surface area contributed by atoms with Crippen molar-refractivity contribution in [2.45, 2.75) is 38.3 Å². The highest BCUT2D eigenvalue weighted by atomic mass is 16.6. The quantitative estimate of drug-likeness (QED) is 0.589. The van der Waals surface area contributed by atoms with Gasteiger partial charge in [0, 0.05) is 18.5 Å². The zero-order valence-electron chi connectivity index (χ0n) is 16.3. The minimum absolute atomic E-state index is 0.0777. The molecule has 8 heteroatoms. The van der Waals surface area contributed by atoms with Gasteiger partial charge in [-0.05, 0) is 47.6 Å². The van der Waals surface area contributed by atoms with Crippen LogP contribution in [0.15, 0.2) is 42.5 Å². The monoisotopic (exact) mass is 406 g/mol. The lowest BCUT2D eigenvalue weighted by Gasteiger charge is -2.26. The first-order valence-corrected chi connectivity index (χ1v) is 9.77. The first-order chi connectivity index (χ1) is 14.4. The van der Waals surface area contributed by atoms with Crippen molar-refractivity contribution in [1.82, 2.24) is 14.9 Å².